The molecule has 1 aromatic rings. The van der Waals surface area contributed by atoms with Crippen LogP contribution < -0.4 is 0 Å². The third-order valence-corrected chi connectivity index (χ3v) is 6.99. The number of rotatable bonds is 6. The number of aryl methyl sites for hydroxylation is 1. The minimum Gasteiger partial charge on any atom is -0.393 e. The average molecular weight is 366 g/mol. The minimum absolute atomic E-state index is 0.126. The van der Waals surface area contributed by atoms with Gasteiger partial charge in [-0.1, -0.05) is 43.7 Å². The zero-order valence-electron chi connectivity index (χ0n) is 16.8. The molecule has 2 saturated carbocycles. The topological polar surface area (TPSA) is 44.0 Å². The van der Waals surface area contributed by atoms with E-state index in [9.17, 15) is 5.11 Å². The minimum atomic E-state index is -0.126. The molecule has 2 nitrogen and oxygen atoms in total. The molecule has 27 heavy (non-hydrogen) atoms. The molecule has 2 aliphatic rings. The molecule has 1 N–H and O–H groups in total. The SMILES string of the molecule is CCCc1ccc(C2CCC(C(O)C3CCC(C=CC#N)CC3)CC2)cc1. The van der Waals surface area contributed by atoms with E-state index >= 15 is 0 Å². The van der Waals surface area contributed by atoms with E-state index in [0.29, 0.717) is 23.7 Å². The van der Waals surface area contributed by atoms with Crippen molar-refractivity contribution in [1.82, 2.24) is 0 Å². The molecule has 1 atom stereocenters. The average Bonchev–Trinajstić information content (AvgIpc) is 2.73. The quantitative estimate of drug-likeness (QED) is 0.614. The lowest BCUT2D eigenvalue weighted by Crippen LogP contribution is -2.34. The van der Waals surface area contributed by atoms with Crippen molar-refractivity contribution in [2.75, 3.05) is 0 Å². The summed E-state index contributed by atoms with van der Waals surface area (Å²) in [5.41, 5.74) is 2.94. The van der Waals surface area contributed by atoms with E-state index in [1.807, 2.05) is 0 Å². The Hall–Kier alpha value is -1.59. The molecule has 0 aromatic heterocycles. The van der Waals surface area contributed by atoms with Crippen molar-refractivity contribution in [2.45, 2.75) is 83.2 Å². The van der Waals surface area contributed by atoms with Crippen molar-refractivity contribution in [2.24, 2.45) is 17.8 Å². The van der Waals surface area contributed by atoms with Gasteiger partial charge in [-0.05, 0) is 92.6 Å². The third kappa shape index (κ3) is 5.45. The number of hydrogen-bond acceptors (Lipinski definition) is 2. The number of nitriles is 1. The number of allylic oxidation sites excluding steroid dienone is 2. The van der Waals surface area contributed by atoms with Crippen LogP contribution in [0.15, 0.2) is 36.4 Å². The first-order chi connectivity index (χ1) is 13.2. The Morgan fingerprint density at radius 3 is 2.15 bits per heavy atom. The highest BCUT2D eigenvalue weighted by Gasteiger charge is 2.33. The van der Waals surface area contributed by atoms with E-state index in [1.54, 1.807) is 6.08 Å². The van der Waals surface area contributed by atoms with Crippen molar-refractivity contribution >= 4 is 0 Å². The van der Waals surface area contributed by atoms with Crippen LogP contribution in [0.5, 0.6) is 0 Å². The van der Waals surface area contributed by atoms with E-state index in [2.05, 4.69) is 43.3 Å². The largest absolute Gasteiger partial charge is 0.393 e. The smallest absolute Gasteiger partial charge is 0.0908 e. The van der Waals surface area contributed by atoms with Gasteiger partial charge in [-0.3, -0.25) is 0 Å². The Morgan fingerprint density at radius 2 is 1.59 bits per heavy atom. The molecule has 0 saturated heterocycles. The number of aliphatic hydroxyl groups excluding tert-OH is 1. The molecular weight excluding hydrogens is 330 g/mol. The molecule has 2 fully saturated rings. The molecule has 0 amide bonds. The molecule has 1 unspecified atom stereocenters. The van der Waals surface area contributed by atoms with Gasteiger partial charge in [0, 0.05) is 6.08 Å². The summed E-state index contributed by atoms with van der Waals surface area (Å²) in [4.78, 5) is 0. The van der Waals surface area contributed by atoms with Gasteiger partial charge in [-0.25, -0.2) is 0 Å². The summed E-state index contributed by atoms with van der Waals surface area (Å²) in [5, 5.41) is 19.6. The van der Waals surface area contributed by atoms with Gasteiger partial charge < -0.3 is 5.11 Å². The molecule has 2 aliphatic carbocycles. The van der Waals surface area contributed by atoms with Crippen molar-refractivity contribution in [3.05, 3.63) is 47.5 Å². The highest BCUT2D eigenvalue weighted by Crippen LogP contribution is 2.41. The second-order valence-corrected chi connectivity index (χ2v) is 8.76. The molecular formula is C25H35NO. The van der Waals surface area contributed by atoms with Gasteiger partial charge in [0.1, 0.15) is 0 Å². The summed E-state index contributed by atoms with van der Waals surface area (Å²) in [5.74, 6) is 2.17. The predicted molar refractivity (Wildman–Crippen MR) is 111 cm³/mol. The highest BCUT2D eigenvalue weighted by atomic mass is 16.3. The molecule has 0 heterocycles. The van der Waals surface area contributed by atoms with Crippen LogP contribution in [-0.2, 0) is 6.42 Å². The summed E-state index contributed by atoms with van der Waals surface area (Å²) >= 11 is 0. The van der Waals surface area contributed by atoms with Crippen LogP contribution >= 0.6 is 0 Å². The van der Waals surface area contributed by atoms with Crippen LogP contribution in [0.1, 0.15) is 81.8 Å². The fourth-order valence-corrected chi connectivity index (χ4v) is 5.28. The Balaban J connectivity index is 1.46. The molecule has 146 valence electrons. The first kappa shape index (κ1) is 20.2. The Kier molecular flexibility index (Phi) is 7.53. The van der Waals surface area contributed by atoms with Crippen LogP contribution in [-0.4, -0.2) is 11.2 Å². The van der Waals surface area contributed by atoms with Crippen molar-refractivity contribution in [3.63, 3.8) is 0 Å². The summed E-state index contributed by atoms with van der Waals surface area (Å²) in [7, 11) is 0. The molecule has 1 aromatic carbocycles. The normalized spacial score (nSPS) is 30.1. The fraction of sp³-hybridized carbons (Fsp3) is 0.640. The molecule has 3 rings (SSSR count). The van der Waals surface area contributed by atoms with E-state index < -0.39 is 0 Å². The van der Waals surface area contributed by atoms with Crippen molar-refractivity contribution in [3.8, 4) is 6.07 Å². The lowest BCUT2D eigenvalue weighted by molar-refractivity contribution is 0.0127. The van der Waals surface area contributed by atoms with Gasteiger partial charge in [0.05, 0.1) is 12.2 Å². The Bertz CT molecular complexity index is 625. The zero-order chi connectivity index (χ0) is 19.1. The maximum atomic E-state index is 10.9. The summed E-state index contributed by atoms with van der Waals surface area (Å²) in [6.45, 7) is 2.23. The summed E-state index contributed by atoms with van der Waals surface area (Å²) in [6, 6.07) is 11.4. The van der Waals surface area contributed by atoms with Crippen LogP contribution in [0.2, 0.25) is 0 Å². The predicted octanol–water partition coefficient (Wildman–Crippen LogP) is 6.16. The number of benzene rings is 1. The van der Waals surface area contributed by atoms with Gasteiger partial charge in [0.15, 0.2) is 0 Å². The van der Waals surface area contributed by atoms with Crippen LogP contribution in [0, 0.1) is 29.1 Å². The first-order valence-corrected chi connectivity index (χ1v) is 11.0. The second kappa shape index (κ2) is 10.1. The van der Waals surface area contributed by atoms with E-state index in [1.165, 1.54) is 36.8 Å². The van der Waals surface area contributed by atoms with Crippen molar-refractivity contribution < 1.29 is 5.11 Å². The Morgan fingerprint density at radius 1 is 1.00 bits per heavy atom. The summed E-state index contributed by atoms with van der Waals surface area (Å²) in [6.07, 6.45) is 15.2. The van der Waals surface area contributed by atoms with E-state index in [4.69, 9.17) is 5.26 Å². The second-order valence-electron chi connectivity index (χ2n) is 8.76. The lowest BCUT2D eigenvalue weighted by Gasteiger charge is -2.37. The molecule has 0 aliphatic heterocycles. The summed E-state index contributed by atoms with van der Waals surface area (Å²) < 4.78 is 0. The van der Waals surface area contributed by atoms with Crippen LogP contribution in [0.3, 0.4) is 0 Å². The number of nitrogens with zero attached hydrogens (tertiary/aromatic N) is 1. The maximum Gasteiger partial charge on any atom is 0.0908 e. The van der Waals surface area contributed by atoms with Crippen molar-refractivity contribution in [1.29, 1.82) is 5.26 Å². The zero-order valence-corrected chi connectivity index (χ0v) is 16.8. The van der Waals surface area contributed by atoms with Gasteiger partial charge in [-0.2, -0.15) is 5.26 Å². The number of aliphatic hydroxyl groups is 1. The molecule has 0 spiro atoms. The monoisotopic (exact) mass is 365 g/mol. The Labute approximate surface area is 165 Å². The van der Waals surface area contributed by atoms with E-state index in [-0.39, 0.29) is 6.10 Å². The number of hydrogen-bond donors (Lipinski definition) is 1. The maximum absolute atomic E-state index is 10.9. The first-order valence-electron chi connectivity index (χ1n) is 11.0. The third-order valence-electron chi connectivity index (χ3n) is 6.99. The van der Waals surface area contributed by atoms with E-state index in [0.717, 1.165) is 38.5 Å². The van der Waals surface area contributed by atoms with Gasteiger partial charge in [-0.15, -0.1) is 0 Å². The van der Waals surface area contributed by atoms with Gasteiger partial charge in [0.25, 0.3) is 0 Å². The molecule has 2 heteroatoms. The van der Waals surface area contributed by atoms with Crippen LogP contribution in [0.4, 0.5) is 0 Å². The lowest BCUT2D eigenvalue weighted by atomic mass is 9.70. The molecule has 0 bridgehead atoms. The standard InChI is InChI=1S/C25H35NO/c1-2-4-19-6-10-21(11-7-19)22-14-16-24(17-15-22)25(27)23-12-8-20(9-13-23)5-3-18-26/h3,5-7,10-11,20,22-25,27H,2,4,8-9,12-17H2,1H3. The van der Waals surface area contributed by atoms with Crippen LogP contribution in [0.25, 0.3) is 0 Å². The highest BCUT2D eigenvalue weighted by molar-refractivity contribution is 5.26. The fourth-order valence-electron chi connectivity index (χ4n) is 5.28. The van der Waals surface area contributed by atoms with Gasteiger partial charge in [0.2, 0.25) is 0 Å². The molecule has 0 radical (unpaired) electrons. The van der Waals surface area contributed by atoms with Gasteiger partial charge >= 0.3 is 0 Å².